The van der Waals surface area contributed by atoms with Gasteiger partial charge in [-0.15, -0.1) is 0 Å². The van der Waals surface area contributed by atoms with Crippen LogP contribution in [0.2, 0.25) is 0 Å². The van der Waals surface area contributed by atoms with Gasteiger partial charge < -0.3 is 14.8 Å². The maximum Gasteiger partial charge on any atom is 0.271 e. The average Bonchev–Trinajstić information content (AvgIpc) is 2.69. The summed E-state index contributed by atoms with van der Waals surface area (Å²) in [7, 11) is 3.15. The Kier molecular flexibility index (Phi) is 5.17. The highest BCUT2D eigenvalue weighted by molar-refractivity contribution is 6.44. The van der Waals surface area contributed by atoms with Crippen LogP contribution in [0.1, 0.15) is 12.8 Å². The van der Waals surface area contributed by atoms with Crippen LogP contribution in [0.25, 0.3) is 0 Å². The summed E-state index contributed by atoms with van der Waals surface area (Å²) < 4.78 is 10.2. The molecule has 2 aromatic carbocycles. The predicted octanol–water partition coefficient (Wildman–Crippen LogP) is 2.83. The van der Waals surface area contributed by atoms with Crippen LogP contribution in [-0.2, 0) is 9.59 Å². The van der Waals surface area contributed by atoms with Gasteiger partial charge in [0.1, 0.15) is 17.2 Å². The van der Waals surface area contributed by atoms with Crippen LogP contribution in [0.15, 0.2) is 53.6 Å². The Hall–Kier alpha value is -3.35. The topological polar surface area (TPSA) is 80.2 Å². The number of nitrogens with one attached hydrogen (secondary N) is 1. The molecule has 0 saturated carbocycles. The Balaban J connectivity index is 1.77. The number of rotatable bonds is 5. The number of hydrazone groups is 1. The SMILES string of the molecule is COc1ccc(NC(=O)C2=NN(c3ccc(OC)cc3)C(=O)CC2)cc1. The quantitative estimate of drug-likeness (QED) is 0.896. The Morgan fingerprint density at radius 2 is 1.54 bits per heavy atom. The Labute approximate surface area is 151 Å². The normalized spacial score (nSPS) is 13.8. The average molecular weight is 353 g/mol. The van der Waals surface area contributed by atoms with E-state index in [1.165, 1.54) is 5.01 Å². The van der Waals surface area contributed by atoms with E-state index in [0.29, 0.717) is 35.0 Å². The lowest BCUT2D eigenvalue weighted by atomic mass is 10.1. The fourth-order valence-electron chi connectivity index (χ4n) is 2.52. The van der Waals surface area contributed by atoms with E-state index in [0.717, 1.165) is 0 Å². The summed E-state index contributed by atoms with van der Waals surface area (Å²) in [6, 6.07) is 13.9. The van der Waals surface area contributed by atoms with Gasteiger partial charge in [0.15, 0.2) is 0 Å². The number of methoxy groups -OCH3 is 2. The first kappa shape index (κ1) is 17.5. The molecule has 26 heavy (non-hydrogen) atoms. The highest BCUT2D eigenvalue weighted by Gasteiger charge is 2.25. The summed E-state index contributed by atoms with van der Waals surface area (Å²) in [5, 5.41) is 8.28. The first-order valence-corrected chi connectivity index (χ1v) is 8.10. The summed E-state index contributed by atoms with van der Waals surface area (Å²) in [5.74, 6) is 0.895. The first-order valence-electron chi connectivity index (χ1n) is 8.10. The van der Waals surface area contributed by atoms with Crippen LogP contribution in [0.5, 0.6) is 11.5 Å². The fraction of sp³-hybridized carbons (Fsp3) is 0.211. The number of benzene rings is 2. The highest BCUT2D eigenvalue weighted by Crippen LogP contribution is 2.23. The van der Waals surface area contributed by atoms with Gasteiger partial charge in [0, 0.05) is 18.5 Å². The maximum absolute atomic E-state index is 12.5. The molecule has 0 saturated heterocycles. The molecule has 7 nitrogen and oxygen atoms in total. The van der Waals surface area contributed by atoms with E-state index in [9.17, 15) is 9.59 Å². The zero-order chi connectivity index (χ0) is 18.5. The van der Waals surface area contributed by atoms with Crippen molar-refractivity contribution in [2.24, 2.45) is 5.10 Å². The lowest BCUT2D eigenvalue weighted by Crippen LogP contribution is -2.36. The highest BCUT2D eigenvalue weighted by atomic mass is 16.5. The minimum atomic E-state index is -0.332. The van der Waals surface area contributed by atoms with Crippen molar-refractivity contribution < 1.29 is 19.1 Å². The molecule has 0 radical (unpaired) electrons. The third kappa shape index (κ3) is 3.83. The van der Waals surface area contributed by atoms with Crippen molar-refractivity contribution in [1.29, 1.82) is 0 Å². The van der Waals surface area contributed by atoms with E-state index in [2.05, 4.69) is 10.4 Å². The van der Waals surface area contributed by atoms with E-state index < -0.39 is 0 Å². The van der Waals surface area contributed by atoms with Gasteiger partial charge in [-0.25, -0.2) is 5.01 Å². The van der Waals surface area contributed by atoms with Crippen LogP contribution >= 0.6 is 0 Å². The third-order valence-corrected chi connectivity index (χ3v) is 3.96. The minimum Gasteiger partial charge on any atom is -0.497 e. The van der Waals surface area contributed by atoms with Crippen LogP contribution in [0.4, 0.5) is 11.4 Å². The van der Waals surface area contributed by atoms with E-state index in [4.69, 9.17) is 9.47 Å². The van der Waals surface area contributed by atoms with E-state index in [-0.39, 0.29) is 18.2 Å². The summed E-state index contributed by atoms with van der Waals surface area (Å²) in [6.07, 6.45) is 0.522. The molecule has 1 N–H and O–H groups in total. The van der Waals surface area contributed by atoms with Crippen molar-refractivity contribution in [3.8, 4) is 11.5 Å². The standard InChI is InChI=1S/C19H19N3O4/c1-25-15-7-3-13(4-8-15)20-19(24)17-11-12-18(23)22(21-17)14-5-9-16(26-2)10-6-14/h3-10H,11-12H2,1-2H3,(H,20,24). The summed E-state index contributed by atoms with van der Waals surface area (Å²) >= 11 is 0. The number of hydrogen-bond donors (Lipinski definition) is 1. The zero-order valence-corrected chi connectivity index (χ0v) is 14.6. The monoisotopic (exact) mass is 353 g/mol. The van der Waals surface area contributed by atoms with Gasteiger partial charge in [-0.2, -0.15) is 5.10 Å². The van der Waals surface area contributed by atoms with E-state index in [1.807, 2.05) is 0 Å². The molecule has 2 aromatic rings. The number of nitrogens with zero attached hydrogens (tertiary/aromatic N) is 2. The molecule has 7 heteroatoms. The van der Waals surface area contributed by atoms with Gasteiger partial charge in [0.2, 0.25) is 5.91 Å². The Bertz CT molecular complexity index is 829. The molecule has 3 rings (SSSR count). The Morgan fingerprint density at radius 3 is 2.12 bits per heavy atom. The molecule has 0 aromatic heterocycles. The third-order valence-electron chi connectivity index (χ3n) is 3.96. The molecular weight excluding hydrogens is 334 g/mol. The van der Waals surface area contributed by atoms with Gasteiger partial charge in [-0.05, 0) is 48.5 Å². The maximum atomic E-state index is 12.5. The van der Waals surface area contributed by atoms with Gasteiger partial charge in [0.25, 0.3) is 5.91 Å². The van der Waals surface area contributed by atoms with Crippen LogP contribution in [-0.4, -0.2) is 31.7 Å². The number of ether oxygens (including phenoxy) is 2. The largest absolute Gasteiger partial charge is 0.497 e. The van der Waals surface area contributed by atoms with Crippen molar-refractivity contribution >= 4 is 28.9 Å². The first-order chi connectivity index (χ1) is 12.6. The second-order valence-corrected chi connectivity index (χ2v) is 5.63. The zero-order valence-electron chi connectivity index (χ0n) is 14.6. The van der Waals surface area contributed by atoms with Gasteiger partial charge >= 0.3 is 0 Å². The molecule has 1 heterocycles. The van der Waals surface area contributed by atoms with Crippen molar-refractivity contribution in [1.82, 2.24) is 0 Å². The van der Waals surface area contributed by atoms with E-state index >= 15 is 0 Å². The molecule has 0 atom stereocenters. The molecule has 0 aliphatic carbocycles. The van der Waals surface area contributed by atoms with Crippen molar-refractivity contribution in [3.63, 3.8) is 0 Å². The number of amides is 2. The molecule has 1 aliphatic heterocycles. The molecular formula is C19H19N3O4. The van der Waals surface area contributed by atoms with Gasteiger partial charge in [0.05, 0.1) is 19.9 Å². The number of carbonyl (C=O) groups excluding carboxylic acids is 2. The second-order valence-electron chi connectivity index (χ2n) is 5.63. The van der Waals surface area contributed by atoms with Crippen molar-refractivity contribution in [2.45, 2.75) is 12.8 Å². The smallest absolute Gasteiger partial charge is 0.271 e. The molecule has 0 spiro atoms. The molecule has 0 unspecified atom stereocenters. The van der Waals surface area contributed by atoms with Gasteiger partial charge in [-0.3, -0.25) is 9.59 Å². The number of hydrogen-bond acceptors (Lipinski definition) is 5. The van der Waals surface area contributed by atoms with Crippen molar-refractivity contribution in [2.75, 3.05) is 24.5 Å². The lowest BCUT2D eigenvalue weighted by Gasteiger charge is -2.23. The van der Waals surface area contributed by atoms with E-state index in [1.54, 1.807) is 62.8 Å². The molecule has 1 aliphatic rings. The van der Waals surface area contributed by atoms with Crippen LogP contribution in [0, 0.1) is 0 Å². The molecule has 0 fully saturated rings. The molecule has 0 bridgehead atoms. The molecule has 2 amide bonds. The van der Waals surface area contributed by atoms with Crippen LogP contribution < -0.4 is 19.8 Å². The van der Waals surface area contributed by atoms with Crippen molar-refractivity contribution in [3.05, 3.63) is 48.5 Å². The lowest BCUT2D eigenvalue weighted by molar-refractivity contribution is -0.118. The summed E-state index contributed by atoms with van der Waals surface area (Å²) in [6.45, 7) is 0. The Morgan fingerprint density at radius 1 is 0.962 bits per heavy atom. The molecule has 134 valence electrons. The number of anilines is 2. The second kappa shape index (κ2) is 7.69. The summed E-state index contributed by atoms with van der Waals surface area (Å²) in [4.78, 5) is 24.7. The summed E-state index contributed by atoms with van der Waals surface area (Å²) in [5.41, 5.74) is 1.52. The predicted molar refractivity (Wildman–Crippen MR) is 98.8 cm³/mol. The van der Waals surface area contributed by atoms with Crippen LogP contribution in [0.3, 0.4) is 0 Å². The van der Waals surface area contributed by atoms with Gasteiger partial charge in [-0.1, -0.05) is 0 Å². The minimum absolute atomic E-state index is 0.156. The fourth-order valence-corrected chi connectivity index (χ4v) is 2.52. The number of carbonyl (C=O) groups is 2.